The third-order valence-corrected chi connectivity index (χ3v) is 1.82. The molecule has 0 bridgehead atoms. The van der Waals surface area contributed by atoms with Gasteiger partial charge in [-0.2, -0.15) is 13.2 Å². The van der Waals surface area contributed by atoms with Crippen LogP contribution in [0.4, 0.5) is 19.0 Å². The van der Waals surface area contributed by atoms with Gasteiger partial charge < -0.3 is 10.2 Å². The lowest BCUT2D eigenvalue weighted by Crippen LogP contribution is -2.12. The summed E-state index contributed by atoms with van der Waals surface area (Å²) >= 11 is 0. The fraction of sp³-hybridized carbons (Fsp3) is 0.111. The number of rotatable bonds is 1. The lowest BCUT2D eigenvalue weighted by atomic mass is 10.2. The minimum atomic E-state index is -4.62. The van der Waals surface area contributed by atoms with Gasteiger partial charge >= 0.3 is 6.18 Å². The van der Waals surface area contributed by atoms with Crippen LogP contribution >= 0.6 is 0 Å². The van der Waals surface area contributed by atoms with E-state index in [9.17, 15) is 13.2 Å². The van der Waals surface area contributed by atoms with Gasteiger partial charge in [0.2, 0.25) is 5.82 Å². The maximum absolute atomic E-state index is 12.4. The summed E-state index contributed by atoms with van der Waals surface area (Å²) in [5, 5.41) is 0. The number of hydrogen-bond acceptors (Lipinski definition) is 4. The summed E-state index contributed by atoms with van der Waals surface area (Å²) in [6.45, 7) is 0. The summed E-state index contributed by atoms with van der Waals surface area (Å²) < 4.78 is 41.9. The summed E-state index contributed by atoms with van der Waals surface area (Å²) in [7, 11) is 0. The van der Waals surface area contributed by atoms with Crippen LogP contribution < -0.4 is 5.73 Å². The highest BCUT2D eigenvalue weighted by molar-refractivity contribution is 5.60. The van der Waals surface area contributed by atoms with Gasteiger partial charge in [0.1, 0.15) is 5.82 Å². The molecule has 2 heterocycles. The molecular weight excluding hydrogens is 223 g/mol. The number of nitrogens with two attached hydrogens (primary N) is 1. The van der Waals surface area contributed by atoms with Crippen molar-refractivity contribution < 1.29 is 17.6 Å². The Bertz CT molecular complexity index is 493. The molecule has 2 N–H and O–H groups in total. The van der Waals surface area contributed by atoms with E-state index in [2.05, 4.69) is 9.97 Å². The molecule has 4 nitrogen and oxygen atoms in total. The number of nitrogens with zero attached hydrogens (tertiary/aromatic N) is 2. The van der Waals surface area contributed by atoms with Crippen LogP contribution in [0.15, 0.2) is 29.1 Å². The second-order valence-corrected chi connectivity index (χ2v) is 3.01. The minimum Gasteiger partial charge on any atom is -0.472 e. The van der Waals surface area contributed by atoms with E-state index in [0.29, 0.717) is 5.56 Å². The number of nitrogen functional groups attached to an aromatic ring is 1. The first-order valence-electron chi connectivity index (χ1n) is 4.21. The Morgan fingerprint density at radius 2 is 2.00 bits per heavy atom. The zero-order valence-corrected chi connectivity index (χ0v) is 7.82. The van der Waals surface area contributed by atoms with Crippen molar-refractivity contribution in [2.45, 2.75) is 6.18 Å². The summed E-state index contributed by atoms with van der Waals surface area (Å²) in [4.78, 5) is 6.50. The molecule has 0 atom stereocenters. The van der Waals surface area contributed by atoms with Crippen LogP contribution in [0.2, 0.25) is 0 Å². The van der Waals surface area contributed by atoms with Crippen LogP contribution in [0, 0.1) is 0 Å². The van der Waals surface area contributed by atoms with Gasteiger partial charge in [-0.3, -0.25) is 0 Å². The quantitative estimate of drug-likeness (QED) is 0.815. The SMILES string of the molecule is Nc1cc(-c2ccoc2)nc(C(F)(F)F)n1. The molecule has 0 aliphatic heterocycles. The van der Waals surface area contributed by atoms with Crippen LogP contribution in [-0.4, -0.2) is 9.97 Å². The maximum atomic E-state index is 12.4. The highest BCUT2D eigenvalue weighted by Gasteiger charge is 2.35. The largest absolute Gasteiger partial charge is 0.472 e. The zero-order valence-electron chi connectivity index (χ0n) is 7.82. The number of alkyl halides is 3. The van der Waals surface area contributed by atoms with Crippen molar-refractivity contribution in [2.24, 2.45) is 0 Å². The highest BCUT2D eigenvalue weighted by Crippen LogP contribution is 2.29. The molecule has 0 saturated carbocycles. The number of furan rings is 1. The molecule has 2 rings (SSSR count). The van der Waals surface area contributed by atoms with Crippen molar-refractivity contribution in [3.8, 4) is 11.3 Å². The maximum Gasteiger partial charge on any atom is 0.451 e. The lowest BCUT2D eigenvalue weighted by molar-refractivity contribution is -0.144. The first kappa shape index (κ1) is 10.5. The number of hydrogen-bond donors (Lipinski definition) is 1. The van der Waals surface area contributed by atoms with E-state index in [1.54, 1.807) is 0 Å². The predicted octanol–water partition coefficient (Wildman–Crippen LogP) is 2.34. The predicted molar refractivity (Wildman–Crippen MR) is 49.1 cm³/mol. The number of aromatic nitrogens is 2. The second-order valence-electron chi connectivity index (χ2n) is 3.01. The van der Waals surface area contributed by atoms with Gasteiger partial charge in [-0.1, -0.05) is 0 Å². The molecular formula is C9H6F3N3O. The minimum absolute atomic E-state index is 0.0774. The Morgan fingerprint density at radius 3 is 2.56 bits per heavy atom. The summed E-state index contributed by atoms with van der Waals surface area (Å²) in [6, 6.07) is 2.74. The van der Waals surface area contributed by atoms with Crippen molar-refractivity contribution in [1.29, 1.82) is 0 Å². The standard InChI is InChI=1S/C9H6F3N3O/c10-9(11,12)8-14-6(3-7(13)15-8)5-1-2-16-4-5/h1-4H,(H2,13,14,15). The van der Waals surface area contributed by atoms with Crippen molar-refractivity contribution in [3.63, 3.8) is 0 Å². The lowest BCUT2D eigenvalue weighted by Gasteiger charge is -2.06. The topological polar surface area (TPSA) is 64.9 Å². The average Bonchev–Trinajstić information content (AvgIpc) is 2.68. The first-order valence-corrected chi connectivity index (χ1v) is 4.21. The molecule has 0 aliphatic carbocycles. The van der Waals surface area contributed by atoms with Crippen molar-refractivity contribution in [3.05, 3.63) is 30.5 Å². The van der Waals surface area contributed by atoms with Crippen molar-refractivity contribution >= 4 is 5.82 Å². The number of anilines is 1. The van der Waals surface area contributed by atoms with Crippen LogP contribution in [0.1, 0.15) is 5.82 Å². The molecule has 0 radical (unpaired) electrons. The number of halogens is 3. The Kier molecular flexibility index (Phi) is 2.30. The van der Waals surface area contributed by atoms with Crippen LogP contribution in [-0.2, 0) is 6.18 Å². The van der Waals surface area contributed by atoms with E-state index in [-0.39, 0.29) is 11.5 Å². The van der Waals surface area contributed by atoms with Crippen molar-refractivity contribution in [1.82, 2.24) is 9.97 Å². The van der Waals surface area contributed by atoms with Gasteiger partial charge in [0.15, 0.2) is 0 Å². The normalized spacial score (nSPS) is 11.7. The van der Waals surface area contributed by atoms with E-state index in [1.807, 2.05) is 0 Å². The van der Waals surface area contributed by atoms with Crippen LogP contribution in [0.25, 0.3) is 11.3 Å². The Morgan fingerprint density at radius 1 is 1.25 bits per heavy atom. The molecule has 2 aromatic heterocycles. The van der Waals surface area contributed by atoms with Crippen molar-refractivity contribution in [2.75, 3.05) is 5.73 Å². The molecule has 0 aliphatic rings. The smallest absolute Gasteiger partial charge is 0.451 e. The van der Waals surface area contributed by atoms with Gasteiger partial charge in [-0.25, -0.2) is 9.97 Å². The highest BCUT2D eigenvalue weighted by atomic mass is 19.4. The molecule has 16 heavy (non-hydrogen) atoms. The summed E-state index contributed by atoms with van der Waals surface area (Å²) in [5.41, 5.74) is 5.77. The van der Waals surface area contributed by atoms with Gasteiger partial charge in [0.05, 0.1) is 18.2 Å². The van der Waals surface area contributed by atoms with E-state index in [4.69, 9.17) is 10.2 Å². The van der Waals surface area contributed by atoms with E-state index < -0.39 is 12.0 Å². The fourth-order valence-corrected chi connectivity index (χ4v) is 1.15. The molecule has 0 spiro atoms. The first-order chi connectivity index (χ1) is 7.47. The van der Waals surface area contributed by atoms with Gasteiger partial charge in [-0.15, -0.1) is 0 Å². The Labute approximate surface area is 87.9 Å². The molecule has 84 valence electrons. The molecule has 0 fully saturated rings. The van der Waals surface area contributed by atoms with E-state index in [0.717, 1.165) is 0 Å². The molecule has 0 saturated heterocycles. The molecule has 0 unspecified atom stereocenters. The Hall–Kier alpha value is -2.05. The Balaban J connectivity index is 2.53. The van der Waals surface area contributed by atoms with Gasteiger partial charge in [0.25, 0.3) is 0 Å². The molecule has 0 amide bonds. The van der Waals surface area contributed by atoms with E-state index >= 15 is 0 Å². The van der Waals surface area contributed by atoms with Crippen LogP contribution in [0.3, 0.4) is 0 Å². The second kappa shape index (κ2) is 3.51. The third kappa shape index (κ3) is 1.97. The average molecular weight is 229 g/mol. The monoisotopic (exact) mass is 229 g/mol. The molecule has 7 heteroatoms. The molecule has 2 aromatic rings. The van der Waals surface area contributed by atoms with Crippen LogP contribution in [0.5, 0.6) is 0 Å². The fourth-order valence-electron chi connectivity index (χ4n) is 1.15. The third-order valence-electron chi connectivity index (χ3n) is 1.82. The van der Waals surface area contributed by atoms with E-state index in [1.165, 1.54) is 24.7 Å². The summed E-state index contributed by atoms with van der Waals surface area (Å²) in [6.07, 6.45) is -2.00. The zero-order chi connectivity index (χ0) is 11.8. The van der Waals surface area contributed by atoms with Gasteiger partial charge in [0, 0.05) is 11.6 Å². The van der Waals surface area contributed by atoms with Gasteiger partial charge in [-0.05, 0) is 6.07 Å². The summed E-state index contributed by atoms with van der Waals surface area (Å²) in [5.74, 6) is -1.50. The molecule has 0 aromatic carbocycles.